The number of nitrogens with zero attached hydrogens (tertiary/aromatic N) is 5. The van der Waals surface area contributed by atoms with E-state index in [0.717, 1.165) is 34.4 Å². The van der Waals surface area contributed by atoms with Gasteiger partial charge >= 0.3 is 0 Å². The number of thioether (sulfide) groups is 1. The fraction of sp³-hybridized carbons (Fsp3) is 0.158. The zero-order valence-electron chi connectivity index (χ0n) is 14.3. The molecule has 1 aliphatic heterocycles. The molecule has 5 rings (SSSR count). The van der Waals surface area contributed by atoms with Crippen LogP contribution in [0, 0.1) is 0 Å². The molecule has 0 N–H and O–H groups in total. The Hall–Kier alpha value is -2.71. The number of amides is 1. The molecule has 0 bridgehead atoms. The van der Waals surface area contributed by atoms with E-state index < -0.39 is 0 Å². The first-order valence-corrected chi connectivity index (χ1v) is 10.4. The maximum Gasteiger partial charge on any atom is 0.237 e. The van der Waals surface area contributed by atoms with Gasteiger partial charge in [0, 0.05) is 12.2 Å². The lowest BCUT2D eigenvalue weighted by atomic mass is 10.2. The van der Waals surface area contributed by atoms with Crippen molar-refractivity contribution in [1.29, 1.82) is 0 Å². The van der Waals surface area contributed by atoms with Crippen LogP contribution in [-0.2, 0) is 11.2 Å². The van der Waals surface area contributed by atoms with Gasteiger partial charge in [-0.2, -0.15) is 9.61 Å². The molecule has 0 fully saturated rings. The minimum Gasteiger partial charge on any atom is -0.311 e. The number of hydrogen-bond acceptors (Lipinski definition) is 6. The highest BCUT2D eigenvalue weighted by molar-refractivity contribution is 7.99. The largest absolute Gasteiger partial charge is 0.311 e. The lowest BCUT2D eigenvalue weighted by Gasteiger charge is -2.16. The lowest BCUT2D eigenvalue weighted by Crippen LogP contribution is -2.30. The summed E-state index contributed by atoms with van der Waals surface area (Å²) in [5.74, 6) is 1.18. The van der Waals surface area contributed by atoms with Crippen molar-refractivity contribution in [3.8, 4) is 10.7 Å². The number of anilines is 1. The lowest BCUT2D eigenvalue weighted by molar-refractivity contribution is -0.116. The Balaban J connectivity index is 1.35. The maximum atomic E-state index is 12.7. The monoisotopic (exact) mass is 393 g/mol. The highest BCUT2D eigenvalue weighted by atomic mass is 32.2. The van der Waals surface area contributed by atoms with Crippen LogP contribution in [0.3, 0.4) is 0 Å². The van der Waals surface area contributed by atoms with Crippen LogP contribution >= 0.6 is 23.1 Å². The molecule has 0 saturated carbocycles. The Kier molecular flexibility index (Phi) is 4.14. The highest BCUT2D eigenvalue weighted by Crippen LogP contribution is 2.29. The summed E-state index contributed by atoms with van der Waals surface area (Å²) in [4.78, 5) is 15.6. The minimum absolute atomic E-state index is 0.106. The Bertz CT molecular complexity index is 1120. The van der Waals surface area contributed by atoms with Gasteiger partial charge in [-0.05, 0) is 41.6 Å². The number of benzene rings is 1. The Morgan fingerprint density at radius 2 is 2.04 bits per heavy atom. The van der Waals surface area contributed by atoms with Crippen LogP contribution in [0.25, 0.3) is 16.3 Å². The molecule has 0 atom stereocenters. The normalized spacial score (nSPS) is 13.3. The van der Waals surface area contributed by atoms with E-state index in [2.05, 4.69) is 21.4 Å². The smallest absolute Gasteiger partial charge is 0.237 e. The van der Waals surface area contributed by atoms with Gasteiger partial charge in [0.2, 0.25) is 5.91 Å². The van der Waals surface area contributed by atoms with E-state index in [1.54, 1.807) is 15.9 Å². The van der Waals surface area contributed by atoms with E-state index >= 15 is 0 Å². The number of fused-ring (bicyclic) bond motifs is 2. The summed E-state index contributed by atoms with van der Waals surface area (Å²) in [6.45, 7) is 0.749. The fourth-order valence-corrected chi connectivity index (χ4v) is 4.64. The van der Waals surface area contributed by atoms with Gasteiger partial charge in [0.05, 0.1) is 10.6 Å². The number of rotatable bonds is 4. The molecule has 4 heterocycles. The Morgan fingerprint density at radius 1 is 1.11 bits per heavy atom. The van der Waals surface area contributed by atoms with Gasteiger partial charge < -0.3 is 4.90 Å². The Labute approximate surface area is 163 Å². The molecular weight excluding hydrogens is 378 g/mol. The van der Waals surface area contributed by atoms with Crippen LogP contribution < -0.4 is 4.90 Å². The average molecular weight is 393 g/mol. The minimum atomic E-state index is 0.106. The number of hydrogen-bond donors (Lipinski definition) is 0. The molecule has 4 aromatic rings. The van der Waals surface area contributed by atoms with Crippen LogP contribution in [0.1, 0.15) is 5.56 Å². The van der Waals surface area contributed by atoms with Gasteiger partial charge in [0.1, 0.15) is 5.03 Å². The molecule has 0 aliphatic carbocycles. The van der Waals surface area contributed by atoms with E-state index in [4.69, 9.17) is 0 Å². The third kappa shape index (κ3) is 3.00. The molecule has 0 radical (unpaired) electrons. The molecule has 0 saturated heterocycles. The highest BCUT2D eigenvalue weighted by Gasteiger charge is 2.24. The van der Waals surface area contributed by atoms with Crippen molar-refractivity contribution in [2.45, 2.75) is 11.4 Å². The van der Waals surface area contributed by atoms with Gasteiger partial charge in [0.15, 0.2) is 11.5 Å². The third-order valence-electron chi connectivity index (χ3n) is 4.51. The maximum absolute atomic E-state index is 12.7. The van der Waals surface area contributed by atoms with Crippen molar-refractivity contribution in [3.63, 3.8) is 0 Å². The van der Waals surface area contributed by atoms with Gasteiger partial charge in [-0.25, -0.2) is 0 Å². The first kappa shape index (κ1) is 16.5. The van der Waals surface area contributed by atoms with Gasteiger partial charge in [-0.15, -0.1) is 21.5 Å². The molecule has 0 unspecified atom stereocenters. The molecule has 0 spiro atoms. The summed E-state index contributed by atoms with van der Waals surface area (Å²) in [6.07, 6.45) is 0.918. The molecule has 1 amide bonds. The molecule has 1 aliphatic rings. The van der Waals surface area contributed by atoms with Crippen molar-refractivity contribution >= 4 is 40.3 Å². The molecule has 27 heavy (non-hydrogen) atoms. The SMILES string of the molecule is O=C(CSc1ccc2nnc(-c3cccs3)n2n1)N1CCc2ccccc21. The van der Waals surface area contributed by atoms with Crippen LogP contribution in [0.5, 0.6) is 0 Å². The topological polar surface area (TPSA) is 63.4 Å². The first-order chi connectivity index (χ1) is 13.3. The van der Waals surface area contributed by atoms with Crippen molar-refractivity contribution in [1.82, 2.24) is 19.8 Å². The van der Waals surface area contributed by atoms with E-state index in [1.807, 2.05) is 52.7 Å². The third-order valence-corrected chi connectivity index (χ3v) is 6.28. The number of carbonyl (C=O) groups excluding carboxylic acids is 1. The quantitative estimate of drug-likeness (QED) is 0.496. The first-order valence-electron chi connectivity index (χ1n) is 8.57. The number of carbonyl (C=O) groups is 1. The summed E-state index contributed by atoms with van der Waals surface area (Å²) in [6, 6.07) is 15.8. The predicted octanol–water partition coefficient (Wildman–Crippen LogP) is 3.53. The van der Waals surface area contributed by atoms with Gasteiger partial charge in [-0.3, -0.25) is 4.79 Å². The summed E-state index contributed by atoms with van der Waals surface area (Å²) < 4.78 is 1.74. The molecule has 8 heteroatoms. The fourth-order valence-electron chi connectivity index (χ4n) is 3.22. The molecule has 6 nitrogen and oxygen atoms in total. The van der Waals surface area contributed by atoms with Crippen molar-refractivity contribution in [3.05, 3.63) is 59.5 Å². The molecule has 134 valence electrons. The van der Waals surface area contributed by atoms with Crippen molar-refractivity contribution in [2.75, 3.05) is 17.2 Å². The molecule has 3 aromatic heterocycles. The van der Waals surface area contributed by atoms with Crippen LogP contribution in [0.4, 0.5) is 5.69 Å². The Morgan fingerprint density at radius 3 is 2.93 bits per heavy atom. The van der Waals surface area contributed by atoms with Crippen LogP contribution in [-0.4, -0.2) is 38.0 Å². The number of thiophene rings is 1. The molecular formula is C19H15N5OS2. The standard InChI is InChI=1S/C19H15N5OS2/c25-18(23-10-9-13-4-1-2-5-14(13)23)12-27-17-8-7-16-20-21-19(24(16)22-17)15-6-3-11-26-15/h1-8,11H,9-10,12H2. The van der Waals surface area contributed by atoms with Crippen LogP contribution in [0.15, 0.2) is 58.9 Å². The average Bonchev–Trinajstić information content (AvgIpc) is 3.44. The second-order valence-corrected chi connectivity index (χ2v) is 8.10. The van der Waals surface area contributed by atoms with Gasteiger partial charge in [0.25, 0.3) is 0 Å². The van der Waals surface area contributed by atoms with E-state index in [0.29, 0.717) is 11.4 Å². The zero-order chi connectivity index (χ0) is 18.2. The van der Waals surface area contributed by atoms with Crippen LogP contribution in [0.2, 0.25) is 0 Å². The summed E-state index contributed by atoms with van der Waals surface area (Å²) in [7, 11) is 0. The van der Waals surface area contributed by atoms with Crippen molar-refractivity contribution in [2.24, 2.45) is 0 Å². The van der Waals surface area contributed by atoms with E-state index in [1.165, 1.54) is 17.3 Å². The predicted molar refractivity (Wildman–Crippen MR) is 107 cm³/mol. The van der Waals surface area contributed by atoms with E-state index in [-0.39, 0.29) is 5.91 Å². The van der Waals surface area contributed by atoms with E-state index in [9.17, 15) is 4.79 Å². The van der Waals surface area contributed by atoms with Crippen molar-refractivity contribution < 1.29 is 4.79 Å². The zero-order valence-corrected chi connectivity index (χ0v) is 15.9. The van der Waals surface area contributed by atoms with Gasteiger partial charge in [-0.1, -0.05) is 36.0 Å². The summed E-state index contributed by atoms with van der Waals surface area (Å²) >= 11 is 3.04. The second-order valence-electron chi connectivity index (χ2n) is 6.16. The molecule has 1 aromatic carbocycles. The second kappa shape index (κ2) is 6.79. The summed E-state index contributed by atoms with van der Waals surface area (Å²) in [5, 5.41) is 15.8. The number of para-hydroxylation sites is 1. The summed E-state index contributed by atoms with van der Waals surface area (Å²) in [5.41, 5.74) is 2.97. The number of aromatic nitrogens is 4.